The number of carboxylic acids is 1. The van der Waals surface area contributed by atoms with Crippen LogP contribution in [0.4, 0.5) is 10.1 Å². The lowest BCUT2D eigenvalue weighted by Crippen LogP contribution is -2.54. The van der Waals surface area contributed by atoms with E-state index in [4.69, 9.17) is 0 Å². The number of carboxylic acid groups (broad SMARTS) is 1. The average Bonchev–Trinajstić information content (AvgIpc) is 3.23. The molecule has 1 aliphatic rings. The van der Waals surface area contributed by atoms with E-state index >= 15 is 0 Å². The molecule has 0 radical (unpaired) electrons. The van der Waals surface area contributed by atoms with Gasteiger partial charge in [0.15, 0.2) is 6.17 Å². The summed E-state index contributed by atoms with van der Waals surface area (Å²) in [6.45, 7) is 1.24. The Labute approximate surface area is 192 Å². The third-order valence-corrected chi connectivity index (χ3v) is 5.32. The van der Waals surface area contributed by atoms with Crippen molar-refractivity contribution in [2.45, 2.75) is 25.6 Å². The van der Waals surface area contributed by atoms with Crippen LogP contribution in [0.25, 0.3) is 0 Å². The fourth-order valence-corrected chi connectivity index (χ4v) is 3.77. The molecule has 12 heteroatoms. The fourth-order valence-electron chi connectivity index (χ4n) is 3.77. The predicted octanol–water partition coefficient (Wildman–Crippen LogP) is 1.70. The highest BCUT2D eigenvalue weighted by atomic mass is 19.1. The summed E-state index contributed by atoms with van der Waals surface area (Å²) < 4.78 is 13.6. The van der Waals surface area contributed by atoms with Crippen LogP contribution in [0.3, 0.4) is 0 Å². The molecule has 0 bridgehead atoms. The molecule has 34 heavy (non-hydrogen) atoms. The van der Waals surface area contributed by atoms with Crippen LogP contribution in [-0.2, 0) is 14.4 Å². The number of benzene rings is 2. The topological polar surface area (TPSA) is 150 Å². The van der Waals surface area contributed by atoms with Gasteiger partial charge in [0.25, 0.3) is 17.5 Å². The SMILES string of the molecule is CC(=O)N1CCN(C(=O)c2cccc(F)c2)C1C(=O)NC(CC(=O)O)c1cccc([N+](=O)[O-])c1. The Morgan fingerprint density at radius 1 is 1.15 bits per heavy atom. The number of nitrogens with one attached hydrogen (secondary N) is 1. The van der Waals surface area contributed by atoms with Crippen molar-refractivity contribution in [3.05, 3.63) is 75.6 Å². The monoisotopic (exact) mass is 472 g/mol. The summed E-state index contributed by atoms with van der Waals surface area (Å²) in [4.78, 5) is 62.5. The van der Waals surface area contributed by atoms with Crippen molar-refractivity contribution in [3.8, 4) is 0 Å². The predicted molar refractivity (Wildman–Crippen MR) is 115 cm³/mol. The molecule has 2 unspecified atom stereocenters. The minimum Gasteiger partial charge on any atom is -0.481 e. The quantitative estimate of drug-likeness (QED) is 0.460. The number of nitro groups is 1. The van der Waals surface area contributed by atoms with Gasteiger partial charge in [-0.25, -0.2) is 4.39 Å². The number of aliphatic carboxylic acids is 1. The molecule has 3 rings (SSSR count). The van der Waals surface area contributed by atoms with Crippen LogP contribution in [0.15, 0.2) is 48.5 Å². The summed E-state index contributed by atoms with van der Waals surface area (Å²) >= 11 is 0. The lowest BCUT2D eigenvalue weighted by atomic mass is 10.0. The van der Waals surface area contributed by atoms with Gasteiger partial charge in [0.2, 0.25) is 5.91 Å². The second kappa shape index (κ2) is 10.1. The third kappa shape index (κ3) is 5.34. The lowest BCUT2D eigenvalue weighted by molar-refractivity contribution is -0.384. The molecule has 2 atom stereocenters. The Kier molecular flexibility index (Phi) is 7.19. The Bertz CT molecular complexity index is 1160. The van der Waals surface area contributed by atoms with Crippen molar-refractivity contribution in [3.63, 3.8) is 0 Å². The van der Waals surface area contributed by atoms with E-state index < -0.39 is 53.1 Å². The molecule has 0 saturated carbocycles. The fraction of sp³-hybridized carbons (Fsp3) is 0.273. The summed E-state index contributed by atoms with van der Waals surface area (Å²) in [5.74, 6) is -3.97. The van der Waals surface area contributed by atoms with Crippen LogP contribution < -0.4 is 5.32 Å². The average molecular weight is 472 g/mol. The molecule has 1 saturated heterocycles. The van der Waals surface area contributed by atoms with Gasteiger partial charge >= 0.3 is 5.97 Å². The number of carbonyl (C=O) groups is 4. The van der Waals surface area contributed by atoms with E-state index in [2.05, 4.69) is 5.32 Å². The van der Waals surface area contributed by atoms with Crippen molar-refractivity contribution >= 4 is 29.4 Å². The number of hydrogen-bond donors (Lipinski definition) is 2. The van der Waals surface area contributed by atoms with E-state index in [1.54, 1.807) is 0 Å². The van der Waals surface area contributed by atoms with Gasteiger partial charge in [0.05, 0.1) is 17.4 Å². The van der Waals surface area contributed by atoms with Gasteiger partial charge in [0, 0.05) is 37.7 Å². The van der Waals surface area contributed by atoms with Crippen molar-refractivity contribution in [2.75, 3.05) is 13.1 Å². The highest BCUT2D eigenvalue weighted by molar-refractivity contribution is 5.99. The first-order chi connectivity index (χ1) is 16.1. The summed E-state index contributed by atoms with van der Waals surface area (Å²) in [6, 6.07) is 8.82. The first-order valence-corrected chi connectivity index (χ1v) is 10.2. The molecule has 2 aromatic rings. The summed E-state index contributed by atoms with van der Waals surface area (Å²) in [5.41, 5.74) is -0.152. The number of amides is 3. The Morgan fingerprint density at radius 2 is 1.82 bits per heavy atom. The highest BCUT2D eigenvalue weighted by Crippen LogP contribution is 2.24. The van der Waals surface area contributed by atoms with Crippen LogP contribution in [0, 0.1) is 15.9 Å². The van der Waals surface area contributed by atoms with Crippen molar-refractivity contribution in [1.82, 2.24) is 15.1 Å². The highest BCUT2D eigenvalue weighted by Gasteiger charge is 2.42. The van der Waals surface area contributed by atoms with Crippen LogP contribution in [-0.4, -0.2) is 62.8 Å². The van der Waals surface area contributed by atoms with Gasteiger partial charge in [-0.1, -0.05) is 18.2 Å². The van der Waals surface area contributed by atoms with Gasteiger partial charge in [-0.15, -0.1) is 0 Å². The number of halogens is 1. The zero-order valence-corrected chi connectivity index (χ0v) is 18.0. The van der Waals surface area contributed by atoms with Gasteiger partial charge < -0.3 is 20.2 Å². The first kappa shape index (κ1) is 24.3. The Morgan fingerprint density at radius 3 is 2.44 bits per heavy atom. The maximum atomic E-state index is 13.6. The molecular formula is C22H21FN4O7. The molecule has 2 aromatic carbocycles. The van der Waals surface area contributed by atoms with Gasteiger partial charge in [-0.2, -0.15) is 0 Å². The molecule has 0 spiro atoms. The molecule has 11 nitrogen and oxygen atoms in total. The minimum atomic E-state index is -1.41. The second-order valence-corrected chi connectivity index (χ2v) is 7.61. The molecular weight excluding hydrogens is 451 g/mol. The van der Waals surface area contributed by atoms with Crippen molar-refractivity contribution in [1.29, 1.82) is 0 Å². The molecule has 0 aliphatic carbocycles. The summed E-state index contributed by atoms with van der Waals surface area (Å²) in [7, 11) is 0. The molecule has 3 amide bonds. The summed E-state index contributed by atoms with van der Waals surface area (Å²) in [5, 5.41) is 22.9. The van der Waals surface area contributed by atoms with E-state index in [0.717, 1.165) is 28.0 Å². The van der Waals surface area contributed by atoms with Crippen LogP contribution in [0.1, 0.15) is 35.3 Å². The zero-order valence-electron chi connectivity index (χ0n) is 18.0. The maximum absolute atomic E-state index is 13.6. The molecule has 178 valence electrons. The number of rotatable bonds is 7. The molecule has 2 N–H and O–H groups in total. The molecule has 1 fully saturated rings. The van der Waals surface area contributed by atoms with E-state index in [-0.39, 0.29) is 29.9 Å². The lowest BCUT2D eigenvalue weighted by Gasteiger charge is -2.30. The number of hydrogen-bond acceptors (Lipinski definition) is 6. The summed E-state index contributed by atoms with van der Waals surface area (Å²) in [6.07, 6.45) is -2.01. The number of non-ortho nitro benzene ring substituents is 1. The van der Waals surface area contributed by atoms with E-state index in [0.29, 0.717) is 0 Å². The Balaban J connectivity index is 1.92. The van der Waals surface area contributed by atoms with E-state index in [9.17, 15) is 38.8 Å². The van der Waals surface area contributed by atoms with Crippen LogP contribution in [0.5, 0.6) is 0 Å². The number of carbonyl (C=O) groups excluding carboxylic acids is 3. The van der Waals surface area contributed by atoms with E-state index in [1.807, 2.05) is 0 Å². The maximum Gasteiger partial charge on any atom is 0.305 e. The smallest absolute Gasteiger partial charge is 0.305 e. The van der Waals surface area contributed by atoms with Crippen molar-refractivity contribution in [2.24, 2.45) is 0 Å². The molecule has 1 aliphatic heterocycles. The molecule has 0 aromatic heterocycles. The first-order valence-electron chi connectivity index (χ1n) is 10.2. The number of nitro benzene ring substituents is 1. The largest absolute Gasteiger partial charge is 0.481 e. The van der Waals surface area contributed by atoms with Crippen LogP contribution >= 0.6 is 0 Å². The molecule has 1 heterocycles. The minimum absolute atomic E-state index is 0.00653. The zero-order chi connectivity index (χ0) is 25.0. The Hall–Kier alpha value is -4.35. The normalized spacial score (nSPS) is 16.1. The van der Waals surface area contributed by atoms with Gasteiger partial charge in [-0.05, 0) is 23.8 Å². The second-order valence-electron chi connectivity index (χ2n) is 7.61. The van der Waals surface area contributed by atoms with Gasteiger partial charge in [0.1, 0.15) is 5.82 Å². The van der Waals surface area contributed by atoms with Gasteiger partial charge in [-0.3, -0.25) is 29.3 Å². The third-order valence-electron chi connectivity index (χ3n) is 5.32. The van der Waals surface area contributed by atoms with E-state index in [1.165, 1.54) is 37.3 Å². The number of nitrogens with zero attached hydrogens (tertiary/aromatic N) is 3. The van der Waals surface area contributed by atoms with Crippen molar-refractivity contribution < 1.29 is 33.6 Å². The standard InChI is InChI=1S/C22H21FN4O7/c1-13(28)25-8-9-26(22(32)15-5-2-6-16(23)10-15)21(25)20(31)24-18(12-19(29)30)14-4-3-7-17(11-14)27(33)34/h2-7,10-11,18,21H,8-9,12H2,1H3,(H,24,31)(H,29,30). The van der Waals surface area contributed by atoms with Crippen LogP contribution in [0.2, 0.25) is 0 Å².